The second-order valence-electron chi connectivity index (χ2n) is 8.12. The number of hydrogen-bond donors (Lipinski definition) is 1. The third-order valence-corrected chi connectivity index (χ3v) is 10.3. The molecule has 5 rings (SSSR count). The number of aromatic nitrogens is 2. The van der Waals surface area contributed by atoms with E-state index in [0.29, 0.717) is 32.9 Å². The van der Waals surface area contributed by atoms with Gasteiger partial charge in [0.1, 0.15) is 17.3 Å². The number of nitrogens with zero attached hydrogens (tertiary/aromatic N) is 1. The normalized spacial score (nSPS) is 19.7. The van der Waals surface area contributed by atoms with Gasteiger partial charge >= 0.3 is 5.97 Å². The van der Waals surface area contributed by atoms with Crippen molar-refractivity contribution in [2.75, 3.05) is 11.5 Å². The van der Waals surface area contributed by atoms with E-state index in [1.165, 1.54) is 16.6 Å². The number of thiophene rings is 1. The summed E-state index contributed by atoms with van der Waals surface area (Å²) in [6.45, 7) is -0.136. The van der Waals surface area contributed by atoms with Crippen molar-refractivity contribution in [3.63, 3.8) is 0 Å². The van der Waals surface area contributed by atoms with Gasteiger partial charge in [0, 0.05) is 15.0 Å². The summed E-state index contributed by atoms with van der Waals surface area (Å²) < 4.78 is 29.0. The lowest BCUT2D eigenvalue weighted by Gasteiger charge is -2.12. The first kappa shape index (κ1) is 21.7. The molecule has 1 saturated heterocycles. The Morgan fingerprint density at radius 3 is 2.88 bits per heavy atom. The second-order valence-corrected chi connectivity index (χ2v) is 12.8. The van der Waals surface area contributed by atoms with Gasteiger partial charge in [0.2, 0.25) is 0 Å². The molecule has 0 spiro atoms. The van der Waals surface area contributed by atoms with Crippen molar-refractivity contribution in [2.24, 2.45) is 0 Å². The fraction of sp³-hybridized carbons (Fsp3) is 0.409. The first-order valence-electron chi connectivity index (χ1n) is 10.6. The molecule has 1 aliphatic heterocycles. The number of carbonyl (C=O) groups excluding carboxylic acids is 1. The van der Waals surface area contributed by atoms with Gasteiger partial charge in [0.25, 0.3) is 5.56 Å². The van der Waals surface area contributed by atoms with E-state index in [1.807, 2.05) is 6.07 Å². The number of thioether (sulfide) groups is 1. The minimum absolute atomic E-state index is 0.0701. The number of aromatic amines is 1. The van der Waals surface area contributed by atoms with Crippen LogP contribution in [0.1, 0.15) is 45.9 Å². The minimum atomic E-state index is -3.00. The summed E-state index contributed by atoms with van der Waals surface area (Å²) in [4.78, 5) is 35.4. The van der Waals surface area contributed by atoms with Crippen LogP contribution in [-0.4, -0.2) is 41.1 Å². The lowest BCUT2D eigenvalue weighted by Crippen LogP contribution is -2.15. The van der Waals surface area contributed by atoms with Crippen molar-refractivity contribution < 1.29 is 17.9 Å². The molecule has 0 bridgehead atoms. The molecule has 0 radical (unpaired) electrons. The number of benzene rings is 1. The third kappa shape index (κ3) is 4.35. The standard InChI is InChI=1S/C22H22N2O5S3/c25-20-19-14-5-1-3-7-16(14)31-21(19)24-18(23-20)11-29-22(26)15-6-2-4-8-17(15)30-13-9-10-32(27,28)12-13/h2,4,6,8,13H,1,3,5,7,9-12H2,(H,23,24,25)/t13-/m0/s1. The molecular weight excluding hydrogens is 468 g/mol. The first-order chi connectivity index (χ1) is 15.4. The number of sulfone groups is 1. The lowest BCUT2D eigenvalue weighted by atomic mass is 9.97. The smallest absolute Gasteiger partial charge is 0.339 e. The molecule has 10 heteroatoms. The summed E-state index contributed by atoms with van der Waals surface area (Å²) in [5.41, 5.74) is 1.32. The average molecular weight is 491 g/mol. The van der Waals surface area contributed by atoms with Crippen molar-refractivity contribution in [3.8, 4) is 0 Å². The van der Waals surface area contributed by atoms with Crippen LogP contribution in [-0.2, 0) is 34.0 Å². The maximum atomic E-state index is 12.8. The fourth-order valence-electron chi connectivity index (χ4n) is 4.26. The highest BCUT2D eigenvalue weighted by Crippen LogP contribution is 2.34. The number of hydrogen-bond acceptors (Lipinski definition) is 8. The highest BCUT2D eigenvalue weighted by molar-refractivity contribution is 8.02. The molecule has 1 aliphatic carbocycles. The third-order valence-electron chi connectivity index (χ3n) is 5.81. The van der Waals surface area contributed by atoms with Crippen molar-refractivity contribution in [2.45, 2.75) is 48.9 Å². The summed E-state index contributed by atoms with van der Waals surface area (Å²) in [6.07, 6.45) is 4.68. The minimum Gasteiger partial charge on any atom is -0.454 e. The summed E-state index contributed by atoms with van der Waals surface area (Å²) >= 11 is 2.95. The summed E-state index contributed by atoms with van der Waals surface area (Å²) in [6, 6.07) is 7.03. The molecule has 1 aromatic carbocycles. The van der Waals surface area contributed by atoms with Crippen LogP contribution >= 0.6 is 23.1 Å². The van der Waals surface area contributed by atoms with E-state index in [2.05, 4.69) is 9.97 Å². The zero-order valence-corrected chi connectivity index (χ0v) is 19.7. The monoisotopic (exact) mass is 490 g/mol. The summed E-state index contributed by atoms with van der Waals surface area (Å²) in [5, 5.41) is 0.604. The van der Waals surface area contributed by atoms with Crippen molar-refractivity contribution >= 4 is 49.1 Å². The largest absolute Gasteiger partial charge is 0.454 e. The number of ether oxygens (including phenoxy) is 1. The fourth-order valence-corrected chi connectivity index (χ4v) is 9.16. The zero-order chi connectivity index (χ0) is 22.3. The van der Waals surface area contributed by atoms with Crippen LogP contribution in [0.15, 0.2) is 34.0 Å². The van der Waals surface area contributed by atoms with Crippen LogP contribution in [0.4, 0.5) is 0 Å². The van der Waals surface area contributed by atoms with Crippen LogP contribution < -0.4 is 5.56 Å². The molecule has 2 aliphatic rings. The Morgan fingerprint density at radius 2 is 2.06 bits per heavy atom. The lowest BCUT2D eigenvalue weighted by molar-refractivity contribution is 0.0458. The molecule has 0 unspecified atom stereocenters. The molecule has 32 heavy (non-hydrogen) atoms. The highest BCUT2D eigenvalue weighted by Gasteiger charge is 2.29. The van der Waals surface area contributed by atoms with Gasteiger partial charge in [0.15, 0.2) is 9.84 Å². The van der Waals surface area contributed by atoms with E-state index in [4.69, 9.17) is 4.74 Å². The Morgan fingerprint density at radius 1 is 1.25 bits per heavy atom. The van der Waals surface area contributed by atoms with Crippen molar-refractivity contribution in [1.82, 2.24) is 9.97 Å². The molecule has 3 heterocycles. The molecule has 1 N–H and O–H groups in total. The van der Waals surface area contributed by atoms with Gasteiger partial charge in [-0.15, -0.1) is 23.1 Å². The number of aryl methyl sites for hydroxylation is 2. The van der Waals surface area contributed by atoms with Crippen LogP contribution in [0, 0.1) is 0 Å². The Hall–Kier alpha value is -2.17. The van der Waals surface area contributed by atoms with Gasteiger partial charge in [0.05, 0.1) is 22.5 Å². The van der Waals surface area contributed by atoms with E-state index in [-0.39, 0.29) is 28.9 Å². The molecule has 2 aromatic heterocycles. The van der Waals surface area contributed by atoms with Gasteiger partial charge in [-0.3, -0.25) is 4.79 Å². The van der Waals surface area contributed by atoms with E-state index in [0.717, 1.165) is 31.2 Å². The van der Waals surface area contributed by atoms with E-state index < -0.39 is 15.8 Å². The van der Waals surface area contributed by atoms with Gasteiger partial charge in [-0.25, -0.2) is 18.2 Å². The van der Waals surface area contributed by atoms with Crippen LogP contribution in [0.25, 0.3) is 10.2 Å². The van der Waals surface area contributed by atoms with Gasteiger partial charge in [-0.1, -0.05) is 12.1 Å². The number of H-pyrrole nitrogens is 1. The molecule has 7 nitrogen and oxygen atoms in total. The number of nitrogens with one attached hydrogen (secondary N) is 1. The highest BCUT2D eigenvalue weighted by atomic mass is 32.2. The summed E-state index contributed by atoms with van der Waals surface area (Å²) in [5.74, 6) is 0.103. The number of carbonyl (C=O) groups is 1. The van der Waals surface area contributed by atoms with E-state index >= 15 is 0 Å². The molecule has 168 valence electrons. The first-order valence-corrected chi connectivity index (χ1v) is 14.1. The average Bonchev–Trinajstić information content (AvgIpc) is 3.31. The molecule has 1 atom stereocenters. The summed E-state index contributed by atoms with van der Waals surface area (Å²) in [7, 11) is -3.00. The molecule has 0 amide bonds. The van der Waals surface area contributed by atoms with Crippen LogP contribution in [0.5, 0.6) is 0 Å². The van der Waals surface area contributed by atoms with Crippen LogP contribution in [0.2, 0.25) is 0 Å². The van der Waals surface area contributed by atoms with Gasteiger partial charge in [-0.2, -0.15) is 0 Å². The number of esters is 1. The number of fused-ring (bicyclic) bond motifs is 3. The Kier molecular flexibility index (Phi) is 5.85. The van der Waals surface area contributed by atoms with Gasteiger partial charge in [-0.05, 0) is 49.8 Å². The Balaban J connectivity index is 1.32. The van der Waals surface area contributed by atoms with E-state index in [9.17, 15) is 18.0 Å². The molecule has 0 saturated carbocycles. The van der Waals surface area contributed by atoms with Crippen LogP contribution in [0.3, 0.4) is 0 Å². The molecular formula is C22H22N2O5S3. The maximum Gasteiger partial charge on any atom is 0.339 e. The quantitative estimate of drug-likeness (QED) is 0.546. The SMILES string of the molecule is O=C(OCc1nc2sc3c(c2c(=O)[nH]1)CCCC3)c1ccccc1S[C@H]1CCS(=O)(=O)C1. The molecule has 3 aromatic rings. The maximum absolute atomic E-state index is 12.8. The topological polar surface area (TPSA) is 106 Å². The van der Waals surface area contributed by atoms with Crippen molar-refractivity contribution in [1.29, 1.82) is 0 Å². The Labute approximate surface area is 193 Å². The zero-order valence-electron chi connectivity index (χ0n) is 17.3. The molecule has 1 fully saturated rings. The van der Waals surface area contributed by atoms with E-state index in [1.54, 1.807) is 29.5 Å². The number of rotatable bonds is 5. The van der Waals surface area contributed by atoms with Crippen molar-refractivity contribution in [3.05, 3.63) is 56.4 Å². The Bertz CT molecular complexity index is 1360. The predicted molar refractivity (Wildman–Crippen MR) is 125 cm³/mol. The predicted octanol–water partition coefficient (Wildman–Crippen LogP) is 3.50. The van der Waals surface area contributed by atoms with Gasteiger partial charge < -0.3 is 9.72 Å². The second kappa shape index (κ2) is 8.64.